The summed E-state index contributed by atoms with van der Waals surface area (Å²) in [6, 6.07) is 0.178. The fourth-order valence-electron chi connectivity index (χ4n) is 0.718. The van der Waals surface area contributed by atoms with Crippen molar-refractivity contribution in [2.45, 2.75) is 46.4 Å². The van der Waals surface area contributed by atoms with Crippen LogP contribution in [0.3, 0.4) is 0 Å². The summed E-state index contributed by atoms with van der Waals surface area (Å²) in [6.45, 7) is 10.3. The Labute approximate surface area is 72.1 Å². The first-order chi connectivity index (χ1) is 4.76. The van der Waals surface area contributed by atoms with E-state index < -0.39 is 0 Å². The van der Waals surface area contributed by atoms with Gasteiger partial charge in [0.25, 0.3) is 0 Å². The zero-order valence-electron chi connectivity index (χ0n) is 8.13. The van der Waals surface area contributed by atoms with Gasteiger partial charge in [0.1, 0.15) is 0 Å². The molecule has 2 atom stereocenters. The average Bonchev–Trinajstić information content (AvgIpc) is 1.82. The Morgan fingerprint density at radius 2 is 1.64 bits per heavy atom. The van der Waals surface area contributed by atoms with E-state index in [1.54, 1.807) is 0 Å². The van der Waals surface area contributed by atoms with Crippen molar-refractivity contribution >= 4 is 9.24 Å². The van der Waals surface area contributed by atoms with Crippen LogP contribution in [0, 0.1) is 5.41 Å². The topological polar surface area (TPSA) is 23.5 Å². The summed E-state index contributed by atoms with van der Waals surface area (Å²) < 4.78 is 0. The van der Waals surface area contributed by atoms with Gasteiger partial charge in [-0.05, 0) is 19.3 Å². The Morgan fingerprint density at radius 1 is 1.27 bits per heavy atom. The summed E-state index contributed by atoms with van der Waals surface area (Å²) in [5.41, 5.74) is 0.101. The molecule has 0 spiro atoms. The van der Waals surface area contributed by atoms with Gasteiger partial charge in [-0.3, -0.25) is 0 Å². The van der Waals surface area contributed by atoms with Crippen LogP contribution in [0.15, 0.2) is 0 Å². The van der Waals surface area contributed by atoms with Crippen LogP contribution in [0.2, 0.25) is 0 Å². The molecule has 3 heteroatoms. The maximum Gasteiger partial charge on any atom is 0.0540 e. The van der Waals surface area contributed by atoms with Gasteiger partial charge in [-0.2, -0.15) is 5.06 Å². The largest absolute Gasteiger partial charge is 0.313 e. The smallest absolute Gasteiger partial charge is 0.0540 e. The molecule has 0 bridgehead atoms. The van der Waals surface area contributed by atoms with Crippen molar-refractivity contribution in [2.24, 2.45) is 5.41 Å². The number of rotatable bonds is 2. The molecule has 0 aromatic carbocycles. The highest BCUT2D eigenvalue weighted by Gasteiger charge is 2.26. The highest BCUT2D eigenvalue weighted by atomic mass is 31.0. The molecule has 0 aliphatic carbocycles. The van der Waals surface area contributed by atoms with E-state index in [2.05, 4.69) is 30.0 Å². The van der Waals surface area contributed by atoms with Crippen molar-refractivity contribution in [2.75, 3.05) is 0 Å². The van der Waals surface area contributed by atoms with Crippen LogP contribution >= 0.6 is 9.24 Å². The van der Waals surface area contributed by atoms with Crippen LogP contribution in [-0.2, 0) is 0 Å². The maximum absolute atomic E-state index is 9.54. The van der Waals surface area contributed by atoms with Crippen LogP contribution in [-0.4, -0.2) is 22.1 Å². The lowest BCUT2D eigenvalue weighted by Crippen LogP contribution is -2.41. The molecule has 0 aromatic rings. The summed E-state index contributed by atoms with van der Waals surface area (Å²) in [7, 11) is 2.66. The van der Waals surface area contributed by atoms with E-state index in [0.717, 1.165) is 0 Å². The fourth-order valence-corrected chi connectivity index (χ4v) is 1.06. The van der Waals surface area contributed by atoms with Crippen LogP contribution in [0.5, 0.6) is 0 Å². The molecule has 0 fully saturated rings. The second-order valence-electron chi connectivity index (χ2n) is 4.28. The SMILES string of the molecule is CC(C)N(O)C(P)C(C)(C)C. The van der Waals surface area contributed by atoms with Gasteiger partial charge in [-0.1, -0.05) is 20.8 Å². The number of hydroxylamine groups is 2. The molecule has 0 aliphatic rings. The molecule has 0 aliphatic heterocycles. The Morgan fingerprint density at radius 3 is 1.73 bits per heavy atom. The molecule has 0 saturated heterocycles. The van der Waals surface area contributed by atoms with Gasteiger partial charge in [0.2, 0.25) is 0 Å². The molecule has 0 rings (SSSR count). The molecule has 2 nitrogen and oxygen atoms in total. The zero-order valence-corrected chi connectivity index (χ0v) is 9.28. The molecule has 0 aromatic heterocycles. The van der Waals surface area contributed by atoms with Gasteiger partial charge in [-0.15, -0.1) is 9.24 Å². The van der Waals surface area contributed by atoms with Gasteiger partial charge in [0.15, 0.2) is 0 Å². The van der Waals surface area contributed by atoms with Crippen molar-refractivity contribution in [3.8, 4) is 0 Å². The zero-order chi connectivity index (χ0) is 9.23. The average molecular weight is 177 g/mol. The second kappa shape index (κ2) is 3.84. The van der Waals surface area contributed by atoms with Crippen molar-refractivity contribution in [3.05, 3.63) is 0 Å². The molecule has 1 N–H and O–H groups in total. The Hall–Kier alpha value is 0.350. The van der Waals surface area contributed by atoms with Crippen LogP contribution in [0.25, 0.3) is 0 Å². The maximum atomic E-state index is 9.54. The van der Waals surface area contributed by atoms with E-state index in [1.807, 2.05) is 13.8 Å². The molecule has 68 valence electrons. The normalized spacial score (nSPS) is 16.1. The van der Waals surface area contributed by atoms with Gasteiger partial charge in [0.05, 0.1) is 5.78 Å². The minimum absolute atomic E-state index is 0.101. The summed E-state index contributed by atoms with van der Waals surface area (Å²) in [4.78, 5) is 0. The molecule has 0 heterocycles. The van der Waals surface area contributed by atoms with Gasteiger partial charge in [-0.25, -0.2) is 0 Å². The van der Waals surface area contributed by atoms with E-state index in [-0.39, 0.29) is 17.2 Å². The second-order valence-corrected chi connectivity index (χ2v) is 4.92. The predicted octanol–water partition coefficient (Wildman–Crippen LogP) is 2.33. The summed E-state index contributed by atoms with van der Waals surface area (Å²) in [5.74, 6) is 0.113. The first-order valence-electron chi connectivity index (χ1n) is 3.99. The molecule has 11 heavy (non-hydrogen) atoms. The summed E-state index contributed by atoms with van der Waals surface area (Å²) in [6.07, 6.45) is 0. The number of hydrogen-bond donors (Lipinski definition) is 1. The van der Waals surface area contributed by atoms with Gasteiger partial charge >= 0.3 is 0 Å². The quantitative estimate of drug-likeness (QED) is 0.517. The third-order valence-electron chi connectivity index (χ3n) is 1.70. The van der Waals surface area contributed by atoms with Crippen LogP contribution < -0.4 is 0 Å². The molecular weight excluding hydrogens is 157 g/mol. The summed E-state index contributed by atoms with van der Waals surface area (Å²) in [5, 5.41) is 10.9. The van der Waals surface area contributed by atoms with Crippen molar-refractivity contribution in [1.29, 1.82) is 0 Å². The Kier molecular flexibility index (Phi) is 3.96. The number of nitrogens with zero attached hydrogens (tertiary/aromatic N) is 1. The first kappa shape index (κ1) is 11.4. The molecule has 0 amide bonds. The van der Waals surface area contributed by atoms with Crippen molar-refractivity contribution < 1.29 is 5.21 Å². The standard InChI is InChI=1S/C8H20NOP/c1-6(2)9(10)7(11)8(3,4)5/h6-7,10H,11H2,1-5H3. The third-order valence-corrected chi connectivity index (χ3v) is 3.01. The lowest BCUT2D eigenvalue weighted by Gasteiger charge is -2.35. The number of hydrogen-bond acceptors (Lipinski definition) is 2. The van der Waals surface area contributed by atoms with Gasteiger partial charge in [0, 0.05) is 6.04 Å². The lowest BCUT2D eigenvalue weighted by atomic mass is 9.96. The molecule has 0 radical (unpaired) electrons. The summed E-state index contributed by atoms with van der Waals surface area (Å²) >= 11 is 0. The van der Waals surface area contributed by atoms with E-state index in [1.165, 1.54) is 5.06 Å². The predicted molar refractivity (Wildman–Crippen MR) is 51.7 cm³/mol. The van der Waals surface area contributed by atoms with Crippen molar-refractivity contribution in [3.63, 3.8) is 0 Å². The lowest BCUT2D eigenvalue weighted by molar-refractivity contribution is -0.147. The first-order valence-corrected chi connectivity index (χ1v) is 4.66. The molecular formula is C8H20NOP. The van der Waals surface area contributed by atoms with E-state index in [4.69, 9.17) is 0 Å². The van der Waals surface area contributed by atoms with Crippen molar-refractivity contribution in [1.82, 2.24) is 5.06 Å². The minimum atomic E-state index is 0.101. The monoisotopic (exact) mass is 177 g/mol. The molecule has 0 saturated carbocycles. The highest BCUT2D eigenvalue weighted by Crippen LogP contribution is 2.29. The Bertz CT molecular complexity index is 120. The van der Waals surface area contributed by atoms with Crippen LogP contribution in [0.1, 0.15) is 34.6 Å². The van der Waals surface area contributed by atoms with E-state index >= 15 is 0 Å². The third kappa shape index (κ3) is 3.50. The van der Waals surface area contributed by atoms with E-state index in [0.29, 0.717) is 0 Å². The Balaban J connectivity index is 4.13. The fraction of sp³-hybridized carbons (Fsp3) is 1.00. The van der Waals surface area contributed by atoms with Crippen LogP contribution in [0.4, 0.5) is 0 Å². The highest BCUT2D eigenvalue weighted by molar-refractivity contribution is 7.17. The van der Waals surface area contributed by atoms with E-state index in [9.17, 15) is 5.21 Å². The minimum Gasteiger partial charge on any atom is -0.313 e. The van der Waals surface area contributed by atoms with Gasteiger partial charge < -0.3 is 5.21 Å². The molecule has 2 unspecified atom stereocenters.